The van der Waals surface area contributed by atoms with Gasteiger partial charge < -0.3 is 4.98 Å². The highest BCUT2D eigenvalue weighted by Gasteiger charge is 2.08. The van der Waals surface area contributed by atoms with Crippen molar-refractivity contribution in [3.63, 3.8) is 0 Å². The third-order valence-electron chi connectivity index (χ3n) is 2.75. The van der Waals surface area contributed by atoms with Gasteiger partial charge in [-0.2, -0.15) is 0 Å². The number of aryl methyl sites for hydroxylation is 2. The van der Waals surface area contributed by atoms with Crippen LogP contribution < -0.4 is 0 Å². The molecule has 0 unspecified atom stereocenters. The lowest BCUT2D eigenvalue weighted by atomic mass is 10.2. The lowest BCUT2D eigenvalue weighted by molar-refractivity contribution is 1.17. The summed E-state index contributed by atoms with van der Waals surface area (Å²) >= 11 is 0. The fraction of sp³-hybridized carbons (Fsp3) is 0.154. The first-order valence-electron chi connectivity index (χ1n) is 5.49. The monoisotopic (exact) mass is 224 g/mol. The molecule has 0 aliphatic carbocycles. The van der Waals surface area contributed by atoms with Crippen LogP contribution in [0.4, 0.5) is 0 Å². The molecule has 0 aliphatic rings. The van der Waals surface area contributed by atoms with Crippen LogP contribution in [0.3, 0.4) is 0 Å². The SMILES string of the molecule is Cc1ccc2[nH]c(-c3cccnc3C)nc2n1. The molecule has 3 aromatic heterocycles. The highest BCUT2D eigenvalue weighted by molar-refractivity contribution is 5.76. The number of fused-ring (bicyclic) bond motifs is 1. The van der Waals surface area contributed by atoms with Gasteiger partial charge in [0.15, 0.2) is 5.65 Å². The van der Waals surface area contributed by atoms with Crippen LogP contribution in [0.15, 0.2) is 30.5 Å². The Morgan fingerprint density at radius 1 is 1.06 bits per heavy atom. The fourth-order valence-corrected chi connectivity index (χ4v) is 1.85. The van der Waals surface area contributed by atoms with E-state index >= 15 is 0 Å². The van der Waals surface area contributed by atoms with Crippen LogP contribution in [0, 0.1) is 13.8 Å². The topological polar surface area (TPSA) is 54.5 Å². The molecule has 84 valence electrons. The van der Waals surface area contributed by atoms with E-state index in [2.05, 4.69) is 19.9 Å². The molecule has 0 saturated heterocycles. The Morgan fingerprint density at radius 3 is 2.76 bits per heavy atom. The van der Waals surface area contributed by atoms with E-state index in [4.69, 9.17) is 0 Å². The van der Waals surface area contributed by atoms with E-state index in [1.165, 1.54) is 0 Å². The molecule has 0 aromatic carbocycles. The molecule has 0 aliphatic heterocycles. The van der Waals surface area contributed by atoms with E-state index in [9.17, 15) is 0 Å². The Kier molecular flexibility index (Phi) is 2.14. The predicted octanol–water partition coefficient (Wildman–Crippen LogP) is 2.64. The van der Waals surface area contributed by atoms with Crippen molar-refractivity contribution in [2.45, 2.75) is 13.8 Å². The van der Waals surface area contributed by atoms with Gasteiger partial charge in [-0.3, -0.25) is 4.98 Å². The van der Waals surface area contributed by atoms with Crippen molar-refractivity contribution in [2.75, 3.05) is 0 Å². The number of pyridine rings is 2. The molecule has 0 atom stereocenters. The van der Waals surface area contributed by atoms with Gasteiger partial charge in [0.1, 0.15) is 5.82 Å². The second kappa shape index (κ2) is 3.66. The maximum atomic E-state index is 4.50. The molecule has 0 bridgehead atoms. The van der Waals surface area contributed by atoms with Crippen LogP contribution in [0.25, 0.3) is 22.6 Å². The van der Waals surface area contributed by atoms with E-state index in [1.807, 2.05) is 38.1 Å². The van der Waals surface area contributed by atoms with Gasteiger partial charge in [-0.05, 0) is 38.1 Å². The average molecular weight is 224 g/mol. The van der Waals surface area contributed by atoms with Crippen LogP contribution in [0.5, 0.6) is 0 Å². The van der Waals surface area contributed by atoms with E-state index in [0.29, 0.717) is 0 Å². The van der Waals surface area contributed by atoms with E-state index in [0.717, 1.165) is 33.9 Å². The first-order chi connectivity index (χ1) is 8.24. The van der Waals surface area contributed by atoms with Crippen molar-refractivity contribution >= 4 is 11.2 Å². The Hall–Kier alpha value is -2.23. The first kappa shape index (κ1) is 9.96. The number of rotatable bonds is 1. The molecule has 0 radical (unpaired) electrons. The highest BCUT2D eigenvalue weighted by atomic mass is 15.0. The summed E-state index contributed by atoms with van der Waals surface area (Å²) in [4.78, 5) is 16.4. The standard InChI is InChI=1S/C13H12N4/c1-8-5-6-11-13(15-8)17-12(16-11)10-4-3-7-14-9(10)2/h3-7H,1-2H3,(H,15,16,17). The molecule has 4 nitrogen and oxygen atoms in total. The summed E-state index contributed by atoms with van der Waals surface area (Å²) in [5.74, 6) is 0.823. The number of hydrogen-bond donors (Lipinski definition) is 1. The molecule has 4 heteroatoms. The van der Waals surface area contributed by atoms with Crippen LogP contribution in [-0.4, -0.2) is 19.9 Å². The van der Waals surface area contributed by atoms with Crippen molar-refractivity contribution in [1.82, 2.24) is 19.9 Å². The molecule has 0 spiro atoms. The number of aromatic nitrogens is 4. The van der Waals surface area contributed by atoms with Crippen LogP contribution in [0.2, 0.25) is 0 Å². The molecule has 3 rings (SSSR count). The lowest BCUT2D eigenvalue weighted by Gasteiger charge is -1.98. The molecule has 0 fully saturated rings. The summed E-state index contributed by atoms with van der Waals surface area (Å²) in [6, 6.07) is 7.89. The van der Waals surface area contributed by atoms with Crippen molar-refractivity contribution in [2.24, 2.45) is 0 Å². The van der Waals surface area contributed by atoms with Crippen molar-refractivity contribution in [3.05, 3.63) is 41.9 Å². The van der Waals surface area contributed by atoms with Gasteiger partial charge in [0.25, 0.3) is 0 Å². The maximum absolute atomic E-state index is 4.50. The number of nitrogens with one attached hydrogen (secondary N) is 1. The third-order valence-corrected chi connectivity index (χ3v) is 2.75. The zero-order valence-electron chi connectivity index (χ0n) is 9.73. The highest BCUT2D eigenvalue weighted by Crippen LogP contribution is 2.21. The Labute approximate surface area is 98.8 Å². The molecule has 3 heterocycles. The summed E-state index contributed by atoms with van der Waals surface area (Å²) < 4.78 is 0. The molecule has 1 N–H and O–H groups in total. The minimum atomic E-state index is 0.753. The zero-order valence-corrected chi connectivity index (χ0v) is 9.73. The normalized spacial score (nSPS) is 10.9. The quantitative estimate of drug-likeness (QED) is 0.691. The summed E-state index contributed by atoms with van der Waals surface area (Å²) in [5.41, 5.74) is 4.65. The molecule has 17 heavy (non-hydrogen) atoms. The fourth-order valence-electron chi connectivity index (χ4n) is 1.85. The average Bonchev–Trinajstić information content (AvgIpc) is 2.72. The van der Waals surface area contributed by atoms with E-state index in [-0.39, 0.29) is 0 Å². The first-order valence-corrected chi connectivity index (χ1v) is 5.49. The van der Waals surface area contributed by atoms with Crippen LogP contribution in [0.1, 0.15) is 11.4 Å². The van der Waals surface area contributed by atoms with Crippen LogP contribution >= 0.6 is 0 Å². The van der Waals surface area contributed by atoms with Crippen molar-refractivity contribution < 1.29 is 0 Å². The predicted molar refractivity (Wildman–Crippen MR) is 66.6 cm³/mol. The van der Waals surface area contributed by atoms with Crippen LogP contribution in [-0.2, 0) is 0 Å². The molecular formula is C13H12N4. The number of imidazole rings is 1. The second-order valence-corrected chi connectivity index (χ2v) is 4.05. The Balaban J connectivity index is 2.22. The van der Waals surface area contributed by atoms with Gasteiger partial charge in [0.2, 0.25) is 0 Å². The van der Waals surface area contributed by atoms with Crippen molar-refractivity contribution in [3.8, 4) is 11.4 Å². The van der Waals surface area contributed by atoms with Gasteiger partial charge in [-0.1, -0.05) is 0 Å². The van der Waals surface area contributed by atoms with E-state index in [1.54, 1.807) is 6.20 Å². The molecule has 3 aromatic rings. The summed E-state index contributed by atoms with van der Waals surface area (Å²) in [6.07, 6.45) is 1.78. The number of aromatic amines is 1. The summed E-state index contributed by atoms with van der Waals surface area (Å²) in [7, 11) is 0. The minimum Gasteiger partial charge on any atom is -0.337 e. The van der Waals surface area contributed by atoms with Crippen molar-refractivity contribution in [1.29, 1.82) is 0 Å². The Morgan fingerprint density at radius 2 is 1.94 bits per heavy atom. The van der Waals surface area contributed by atoms with E-state index < -0.39 is 0 Å². The largest absolute Gasteiger partial charge is 0.337 e. The molecular weight excluding hydrogens is 212 g/mol. The molecule has 0 amide bonds. The van der Waals surface area contributed by atoms with Gasteiger partial charge in [-0.25, -0.2) is 9.97 Å². The lowest BCUT2D eigenvalue weighted by Crippen LogP contribution is -1.87. The number of nitrogens with zero attached hydrogens (tertiary/aromatic N) is 3. The van der Waals surface area contributed by atoms with Gasteiger partial charge in [-0.15, -0.1) is 0 Å². The Bertz CT molecular complexity index is 685. The summed E-state index contributed by atoms with van der Waals surface area (Å²) in [6.45, 7) is 3.93. The van der Waals surface area contributed by atoms with Gasteiger partial charge in [0, 0.05) is 23.1 Å². The zero-order chi connectivity index (χ0) is 11.8. The molecule has 0 saturated carbocycles. The summed E-state index contributed by atoms with van der Waals surface area (Å²) in [5, 5.41) is 0. The minimum absolute atomic E-state index is 0.753. The smallest absolute Gasteiger partial charge is 0.178 e. The number of H-pyrrole nitrogens is 1. The van der Waals surface area contributed by atoms with Gasteiger partial charge >= 0.3 is 0 Å². The third kappa shape index (κ3) is 1.67. The number of hydrogen-bond acceptors (Lipinski definition) is 3. The maximum Gasteiger partial charge on any atom is 0.178 e. The second-order valence-electron chi connectivity index (χ2n) is 4.05. The van der Waals surface area contributed by atoms with Gasteiger partial charge in [0.05, 0.1) is 5.52 Å².